The predicted molar refractivity (Wildman–Crippen MR) is 132 cm³/mol. The maximum Gasteiger partial charge on any atom is 0.274 e. The lowest BCUT2D eigenvalue weighted by Crippen LogP contribution is -2.51. The first-order valence-electron chi connectivity index (χ1n) is 12.0. The lowest BCUT2D eigenvalue weighted by atomic mass is 10.1. The molecular weight excluding hydrogens is 444 g/mol. The molecule has 2 amide bonds. The second-order valence-electron chi connectivity index (χ2n) is 8.45. The molecule has 0 aliphatic carbocycles. The predicted octanol–water partition coefficient (Wildman–Crippen LogP) is 2.63. The number of carbonyl (C=O) groups is 2. The molecule has 35 heavy (non-hydrogen) atoms. The highest BCUT2D eigenvalue weighted by atomic mass is 16.5. The summed E-state index contributed by atoms with van der Waals surface area (Å²) >= 11 is 0. The summed E-state index contributed by atoms with van der Waals surface area (Å²) in [5.74, 6) is 0.595. The number of hydrogen-bond acceptors (Lipinski definition) is 5. The van der Waals surface area contributed by atoms with E-state index in [1.807, 2.05) is 53.4 Å². The van der Waals surface area contributed by atoms with E-state index in [0.717, 1.165) is 12.8 Å². The Kier molecular flexibility index (Phi) is 8.27. The number of nitrogens with zero attached hydrogens (tertiary/aromatic N) is 4. The number of rotatable bonds is 9. The second kappa shape index (κ2) is 12.0. The minimum Gasteiger partial charge on any atom is -0.492 e. The summed E-state index contributed by atoms with van der Waals surface area (Å²) in [4.78, 5) is 41.3. The molecule has 1 aliphatic rings. The van der Waals surface area contributed by atoms with E-state index in [1.54, 1.807) is 4.90 Å². The van der Waals surface area contributed by atoms with Crippen LogP contribution in [0.25, 0.3) is 0 Å². The highest BCUT2D eigenvalue weighted by Gasteiger charge is 2.25. The van der Waals surface area contributed by atoms with Crippen LogP contribution in [0, 0.1) is 0 Å². The third-order valence-corrected chi connectivity index (χ3v) is 6.02. The minimum absolute atomic E-state index is 0.123. The third kappa shape index (κ3) is 6.79. The molecule has 1 aromatic heterocycles. The van der Waals surface area contributed by atoms with Gasteiger partial charge in [0.1, 0.15) is 18.1 Å². The van der Waals surface area contributed by atoms with Crippen LogP contribution in [0.5, 0.6) is 5.75 Å². The van der Waals surface area contributed by atoms with Gasteiger partial charge in [-0.3, -0.25) is 14.4 Å². The number of aryl methyl sites for hydroxylation is 1. The van der Waals surface area contributed by atoms with Crippen molar-refractivity contribution in [2.24, 2.45) is 0 Å². The van der Waals surface area contributed by atoms with E-state index in [1.165, 1.54) is 22.4 Å². The van der Waals surface area contributed by atoms with E-state index in [9.17, 15) is 14.4 Å². The number of aromatic nitrogens is 2. The average molecular weight is 475 g/mol. The molecule has 1 aliphatic heterocycles. The monoisotopic (exact) mass is 474 g/mol. The van der Waals surface area contributed by atoms with Crippen molar-refractivity contribution in [3.8, 4) is 5.75 Å². The number of carbonyl (C=O) groups excluding carboxylic acids is 2. The van der Waals surface area contributed by atoms with E-state index < -0.39 is 0 Å². The molecule has 0 spiro atoms. The standard InChI is InChI=1S/C27H30N4O4/c32-25(13-7-10-22-8-3-1-4-9-22)29-16-18-30(19-17-29)27(34)24-14-15-26(33)31(28-24)20-21-35-23-11-5-2-6-12-23/h1-6,8-9,11-12,14-15H,7,10,13,16-21H2. The van der Waals surface area contributed by atoms with E-state index >= 15 is 0 Å². The van der Waals surface area contributed by atoms with Gasteiger partial charge in [0, 0.05) is 38.7 Å². The number of benzene rings is 2. The molecular formula is C27H30N4O4. The molecule has 182 valence electrons. The lowest BCUT2D eigenvalue weighted by molar-refractivity contribution is -0.132. The summed E-state index contributed by atoms with van der Waals surface area (Å²) in [7, 11) is 0. The first-order chi connectivity index (χ1) is 17.1. The first kappa shape index (κ1) is 24.2. The van der Waals surface area contributed by atoms with E-state index in [4.69, 9.17) is 4.74 Å². The molecule has 0 saturated carbocycles. The van der Waals surface area contributed by atoms with Gasteiger partial charge in [0.2, 0.25) is 5.91 Å². The van der Waals surface area contributed by atoms with Crippen LogP contribution >= 0.6 is 0 Å². The van der Waals surface area contributed by atoms with Gasteiger partial charge >= 0.3 is 0 Å². The maximum absolute atomic E-state index is 13.0. The van der Waals surface area contributed by atoms with Crippen LogP contribution in [0.4, 0.5) is 0 Å². The van der Waals surface area contributed by atoms with Gasteiger partial charge in [0.15, 0.2) is 0 Å². The Morgan fingerprint density at radius 3 is 2.20 bits per heavy atom. The zero-order valence-electron chi connectivity index (χ0n) is 19.7. The summed E-state index contributed by atoms with van der Waals surface area (Å²) in [5, 5.41) is 4.25. The molecule has 8 heteroatoms. The van der Waals surface area contributed by atoms with Crippen molar-refractivity contribution >= 4 is 11.8 Å². The number of para-hydroxylation sites is 1. The van der Waals surface area contributed by atoms with Gasteiger partial charge < -0.3 is 14.5 Å². The second-order valence-corrected chi connectivity index (χ2v) is 8.45. The molecule has 0 radical (unpaired) electrons. The van der Waals surface area contributed by atoms with Crippen molar-refractivity contribution in [3.05, 3.63) is 94.4 Å². The van der Waals surface area contributed by atoms with Crippen molar-refractivity contribution in [2.75, 3.05) is 32.8 Å². The molecule has 3 aromatic rings. The minimum atomic E-state index is -0.288. The highest BCUT2D eigenvalue weighted by Crippen LogP contribution is 2.11. The summed E-state index contributed by atoms with van der Waals surface area (Å²) < 4.78 is 6.89. The summed E-state index contributed by atoms with van der Waals surface area (Å²) in [6.45, 7) is 2.39. The molecule has 0 atom stereocenters. The Morgan fingerprint density at radius 1 is 0.829 bits per heavy atom. The zero-order chi connectivity index (χ0) is 24.5. The maximum atomic E-state index is 13.0. The van der Waals surface area contributed by atoms with E-state index in [2.05, 4.69) is 17.2 Å². The van der Waals surface area contributed by atoms with Crippen molar-refractivity contribution in [1.82, 2.24) is 19.6 Å². The molecule has 0 bridgehead atoms. The van der Waals surface area contributed by atoms with E-state index in [0.29, 0.717) is 38.3 Å². The largest absolute Gasteiger partial charge is 0.492 e. The quantitative estimate of drug-likeness (QED) is 0.476. The molecule has 2 aromatic carbocycles. The highest BCUT2D eigenvalue weighted by molar-refractivity contribution is 5.92. The van der Waals surface area contributed by atoms with Gasteiger partial charge in [0.25, 0.3) is 11.5 Å². The van der Waals surface area contributed by atoms with Crippen molar-refractivity contribution < 1.29 is 14.3 Å². The average Bonchev–Trinajstić information content (AvgIpc) is 2.90. The fourth-order valence-electron chi connectivity index (χ4n) is 4.06. The smallest absolute Gasteiger partial charge is 0.274 e. The normalized spacial score (nSPS) is 13.5. The van der Waals surface area contributed by atoms with Crippen molar-refractivity contribution in [3.63, 3.8) is 0 Å². The molecule has 8 nitrogen and oxygen atoms in total. The fraction of sp³-hybridized carbons (Fsp3) is 0.333. The van der Waals surface area contributed by atoms with Gasteiger partial charge in [-0.15, -0.1) is 0 Å². The summed E-state index contributed by atoms with van der Waals surface area (Å²) in [6.07, 6.45) is 2.19. The summed E-state index contributed by atoms with van der Waals surface area (Å²) in [6, 6.07) is 22.3. The Balaban J connectivity index is 1.25. The number of piperazine rings is 1. The molecule has 0 N–H and O–H groups in total. The van der Waals surface area contributed by atoms with Gasteiger partial charge in [-0.2, -0.15) is 5.10 Å². The summed E-state index contributed by atoms with van der Waals surface area (Å²) in [5.41, 5.74) is 1.16. The SMILES string of the molecule is O=C(CCCc1ccccc1)N1CCN(C(=O)c2ccc(=O)n(CCOc3ccccc3)n2)CC1. The van der Waals surface area contributed by atoms with Gasteiger partial charge in [-0.1, -0.05) is 48.5 Å². The number of amides is 2. The van der Waals surface area contributed by atoms with Gasteiger partial charge in [0.05, 0.1) is 6.54 Å². The van der Waals surface area contributed by atoms with Gasteiger partial charge in [-0.25, -0.2) is 4.68 Å². The number of ether oxygens (including phenoxy) is 1. The van der Waals surface area contributed by atoms with Crippen LogP contribution in [-0.4, -0.2) is 64.2 Å². The molecule has 1 fully saturated rings. The van der Waals surface area contributed by atoms with Crippen LogP contribution in [0.1, 0.15) is 28.9 Å². The van der Waals surface area contributed by atoms with Crippen LogP contribution in [0.2, 0.25) is 0 Å². The Morgan fingerprint density at radius 2 is 1.49 bits per heavy atom. The number of hydrogen-bond donors (Lipinski definition) is 0. The molecule has 1 saturated heterocycles. The van der Waals surface area contributed by atoms with Crippen molar-refractivity contribution in [2.45, 2.75) is 25.8 Å². The van der Waals surface area contributed by atoms with Crippen LogP contribution in [0.15, 0.2) is 77.6 Å². The van der Waals surface area contributed by atoms with Crippen LogP contribution in [-0.2, 0) is 17.8 Å². The van der Waals surface area contributed by atoms with Crippen LogP contribution in [0.3, 0.4) is 0 Å². The zero-order valence-corrected chi connectivity index (χ0v) is 19.7. The third-order valence-electron chi connectivity index (χ3n) is 6.02. The van der Waals surface area contributed by atoms with E-state index in [-0.39, 0.29) is 36.2 Å². The molecule has 2 heterocycles. The first-order valence-corrected chi connectivity index (χ1v) is 12.0. The topological polar surface area (TPSA) is 84.7 Å². The Hall–Kier alpha value is -3.94. The van der Waals surface area contributed by atoms with Crippen molar-refractivity contribution in [1.29, 1.82) is 0 Å². The Bertz CT molecular complexity index is 1170. The Labute approximate surface area is 204 Å². The van der Waals surface area contributed by atoms with Crippen LogP contribution < -0.4 is 10.3 Å². The molecule has 0 unspecified atom stereocenters. The lowest BCUT2D eigenvalue weighted by Gasteiger charge is -2.34. The van der Waals surface area contributed by atoms with Gasteiger partial charge in [-0.05, 0) is 36.6 Å². The fourth-order valence-corrected chi connectivity index (χ4v) is 4.06. The molecule has 4 rings (SSSR count).